The van der Waals surface area contributed by atoms with Gasteiger partial charge in [-0.2, -0.15) is 5.10 Å². The first-order valence-corrected chi connectivity index (χ1v) is 15.1. The second-order valence-corrected chi connectivity index (χ2v) is 12.4. The molecule has 1 aliphatic carbocycles. The van der Waals surface area contributed by atoms with Crippen molar-refractivity contribution in [3.8, 4) is 23.0 Å². The molecule has 6 heterocycles. The molecule has 0 radical (unpaired) electrons. The zero-order valence-electron chi connectivity index (χ0n) is 24.6. The van der Waals surface area contributed by atoms with Crippen LogP contribution in [0.1, 0.15) is 54.9 Å². The summed E-state index contributed by atoms with van der Waals surface area (Å²) in [6.45, 7) is 7.74. The van der Waals surface area contributed by atoms with Crippen LogP contribution in [0.3, 0.4) is 0 Å². The highest BCUT2D eigenvalue weighted by Gasteiger charge is 2.29. The summed E-state index contributed by atoms with van der Waals surface area (Å²) in [5.74, 6) is 2.56. The normalized spacial score (nSPS) is 20.8. The Kier molecular flexibility index (Phi) is 6.79. The maximum atomic E-state index is 13.5. The smallest absolute Gasteiger partial charge is 0.255 e. The Morgan fingerprint density at radius 3 is 2.76 bits per heavy atom. The van der Waals surface area contributed by atoms with Crippen LogP contribution in [0, 0.1) is 24.7 Å². The van der Waals surface area contributed by atoms with E-state index in [1.807, 2.05) is 27.7 Å². The summed E-state index contributed by atoms with van der Waals surface area (Å²) in [7, 11) is 1.64. The number of likely N-dealkylation sites (tertiary alicyclic amines) is 1. The summed E-state index contributed by atoms with van der Waals surface area (Å²) in [6, 6.07) is 6.03. The van der Waals surface area contributed by atoms with Crippen LogP contribution in [0.4, 0.5) is 0 Å². The van der Waals surface area contributed by atoms with Gasteiger partial charge in [-0.3, -0.25) is 9.59 Å². The van der Waals surface area contributed by atoms with Crippen molar-refractivity contribution in [1.82, 2.24) is 29.4 Å². The molecule has 2 atom stereocenters. The molecule has 2 amide bonds. The van der Waals surface area contributed by atoms with Crippen LogP contribution < -0.4 is 14.8 Å². The molecule has 4 aromatic rings. The van der Waals surface area contributed by atoms with Crippen LogP contribution in [0.15, 0.2) is 30.6 Å². The zero-order chi connectivity index (χ0) is 29.0. The number of nitrogens with zero attached hydrogens (tertiary/aromatic N) is 5. The predicted octanol–water partition coefficient (Wildman–Crippen LogP) is 4.47. The van der Waals surface area contributed by atoms with Gasteiger partial charge in [-0.05, 0) is 62.6 Å². The maximum Gasteiger partial charge on any atom is 0.255 e. The topological polar surface area (TPSA) is 103 Å². The number of hydrogen-bond acceptors (Lipinski definition) is 6. The Bertz CT molecular complexity index is 1690. The minimum atomic E-state index is 0.0197. The van der Waals surface area contributed by atoms with E-state index >= 15 is 0 Å². The van der Waals surface area contributed by atoms with Crippen molar-refractivity contribution < 1.29 is 19.1 Å². The van der Waals surface area contributed by atoms with E-state index in [4.69, 9.17) is 14.6 Å². The van der Waals surface area contributed by atoms with E-state index in [2.05, 4.69) is 34.8 Å². The fourth-order valence-corrected chi connectivity index (χ4v) is 6.57. The molecule has 0 bridgehead atoms. The summed E-state index contributed by atoms with van der Waals surface area (Å²) < 4.78 is 16.2. The third-order valence-electron chi connectivity index (χ3n) is 9.01. The number of carbonyl (C=O) groups excluding carboxylic acids is 2. The zero-order valence-corrected chi connectivity index (χ0v) is 24.6. The monoisotopic (exact) mass is 570 g/mol. The number of aryl methyl sites for hydroxylation is 1. The van der Waals surface area contributed by atoms with E-state index in [1.54, 1.807) is 13.3 Å². The number of hydrogen-bond donors (Lipinski definition) is 1. The molecule has 10 nitrogen and oxygen atoms in total. The molecule has 4 aromatic heterocycles. The number of pyridine rings is 2. The summed E-state index contributed by atoms with van der Waals surface area (Å²) >= 11 is 0. The Morgan fingerprint density at radius 1 is 1.17 bits per heavy atom. The minimum Gasteiger partial charge on any atom is -0.494 e. The van der Waals surface area contributed by atoms with Gasteiger partial charge in [0.05, 0.1) is 25.0 Å². The van der Waals surface area contributed by atoms with Gasteiger partial charge in [-0.1, -0.05) is 6.92 Å². The van der Waals surface area contributed by atoms with Gasteiger partial charge in [0.2, 0.25) is 11.8 Å². The molecule has 7 rings (SSSR count). The Hall–Kier alpha value is -4.08. The van der Waals surface area contributed by atoms with Crippen molar-refractivity contribution >= 4 is 28.2 Å². The number of methoxy groups -OCH3 is 1. The third-order valence-corrected chi connectivity index (χ3v) is 9.01. The molecule has 10 heteroatoms. The second-order valence-electron chi connectivity index (χ2n) is 12.4. The number of fused-ring (bicyclic) bond motifs is 2. The van der Waals surface area contributed by atoms with Gasteiger partial charge in [0, 0.05) is 61.9 Å². The van der Waals surface area contributed by atoms with E-state index in [9.17, 15) is 9.59 Å². The molecular weight excluding hydrogens is 532 g/mol. The van der Waals surface area contributed by atoms with Crippen LogP contribution in [0.25, 0.3) is 27.8 Å². The predicted molar refractivity (Wildman–Crippen MR) is 159 cm³/mol. The lowest BCUT2D eigenvalue weighted by Crippen LogP contribution is -2.39. The van der Waals surface area contributed by atoms with Crippen molar-refractivity contribution in [3.63, 3.8) is 0 Å². The van der Waals surface area contributed by atoms with Crippen LogP contribution in [-0.2, 0) is 11.3 Å². The molecule has 1 unspecified atom stereocenters. The average Bonchev–Trinajstić information content (AvgIpc) is 3.46. The number of carbonyl (C=O) groups is 2. The maximum absolute atomic E-state index is 13.5. The van der Waals surface area contributed by atoms with Crippen molar-refractivity contribution in [2.45, 2.75) is 52.5 Å². The lowest BCUT2D eigenvalue weighted by molar-refractivity contribution is -0.119. The first-order valence-electron chi connectivity index (χ1n) is 15.1. The Labute approximate surface area is 245 Å². The number of piperidine rings is 1. The molecule has 2 saturated heterocycles. The highest BCUT2D eigenvalue weighted by atomic mass is 16.5. The van der Waals surface area contributed by atoms with E-state index in [1.165, 1.54) is 12.8 Å². The highest BCUT2D eigenvalue weighted by Crippen LogP contribution is 2.40. The number of amides is 2. The fourth-order valence-electron chi connectivity index (χ4n) is 6.57. The molecule has 3 fully saturated rings. The van der Waals surface area contributed by atoms with Crippen LogP contribution in [-0.4, -0.2) is 69.2 Å². The lowest BCUT2D eigenvalue weighted by Gasteiger charge is -2.31. The second kappa shape index (κ2) is 10.6. The summed E-state index contributed by atoms with van der Waals surface area (Å²) in [6.07, 6.45) is 8.68. The van der Waals surface area contributed by atoms with E-state index in [0.29, 0.717) is 48.6 Å². The molecule has 3 aliphatic rings. The molecule has 2 aliphatic heterocycles. The van der Waals surface area contributed by atoms with Gasteiger partial charge in [0.15, 0.2) is 0 Å². The molecule has 42 heavy (non-hydrogen) atoms. The van der Waals surface area contributed by atoms with Gasteiger partial charge in [0.25, 0.3) is 5.91 Å². The summed E-state index contributed by atoms with van der Waals surface area (Å²) in [5, 5.41) is 8.98. The number of ether oxygens (including phenoxy) is 2. The van der Waals surface area contributed by atoms with Crippen LogP contribution in [0.5, 0.6) is 11.6 Å². The highest BCUT2D eigenvalue weighted by molar-refractivity contribution is 5.96. The summed E-state index contributed by atoms with van der Waals surface area (Å²) in [4.78, 5) is 31.8. The fraction of sp³-hybridized carbons (Fsp3) is 0.500. The number of nitrogens with one attached hydrogen (secondary N) is 1. The average molecular weight is 571 g/mol. The first kappa shape index (κ1) is 26.8. The molecular formula is C32H38N6O4. The van der Waals surface area contributed by atoms with Gasteiger partial charge < -0.3 is 24.3 Å². The summed E-state index contributed by atoms with van der Waals surface area (Å²) in [5.41, 5.74) is 5.22. The lowest BCUT2D eigenvalue weighted by atomic mass is 9.99. The van der Waals surface area contributed by atoms with Gasteiger partial charge in [-0.25, -0.2) is 9.50 Å². The van der Waals surface area contributed by atoms with Crippen molar-refractivity contribution in [2.24, 2.45) is 17.8 Å². The molecule has 1 saturated carbocycles. The van der Waals surface area contributed by atoms with E-state index in [0.717, 1.165) is 65.8 Å². The largest absolute Gasteiger partial charge is 0.494 e. The Balaban J connectivity index is 1.30. The molecule has 0 aromatic carbocycles. The van der Waals surface area contributed by atoms with E-state index in [-0.39, 0.29) is 17.7 Å². The van der Waals surface area contributed by atoms with Crippen molar-refractivity contribution in [2.75, 3.05) is 33.4 Å². The first-order chi connectivity index (χ1) is 20.4. The SMILES string of the molecule is COc1cc(C(=O)N2CCC[C@@H](C)C2)cn2nc(-c3cc4ccnc(OCC5CNC(=O)C5)c4n3CC3CC3)c(C)c12. The molecule has 0 spiro atoms. The molecule has 1 N–H and O–H groups in total. The van der Waals surface area contributed by atoms with E-state index < -0.39 is 0 Å². The van der Waals surface area contributed by atoms with Crippen LogP contribution in [0.2, 0.25) is 0 Å². The van der Waals surface area contributed by atoms with Gasteiger partial charge >= 0.3 is 0 Å². The quantitative estimate of drug-likeness (QED) is 0.336. The standard InChI is InChI=1S/C32H38N6O4/c1-19-5-4-10-36(15-19)32(40)24-13-26(41-3)29-20(2)28(35-38(29)17-24)25-12-23-8-9-33-31(30(23)37(25)16-21-6-7-21)42-18-22-11-27(39)34-14-22/h8-9,12-13,17,19,21-22H,4-7,10-11,14-16,18H2,1-3H3,(H,34,39)/t19-,22?/m1/s1. The minimum absolute atomic E-state index is 0.0197. The van der Waals surface area contributed by atoms with Crippen molar-refractivity contribution in [3.05, 3.63) is 41.7 Å². The third kappa shape index (κ3) is 4.86. The Morgan fingerprint density at radius 2 is 2.02 bits per heavy atom. The number of aromatic nitrogens is 4. The number of rotatable bonds is 8. The van der Waals surface area contributed by atoms with Crippen molar-refractivity contribution in [1.29, 1.82) is 0 Å². The molecule has 220 valence electrons. The van der Waals surface area contributed by atoms with Crippen LogP contribution >= 0.6 is 0 Å². The van der Waals surface area contributed by atoms with Gasteiger partial charge in [0.1, 0.15) is 22.5 Å². The van der Waals surface area contributed by atoms with Gasteiger partial charge in [-0.15, -0.1) is 0 Å².